The number of hydrogen-bond acceptors (Lipinski definition) is 4. The highest BCUT2D eigenvalue weighted by Crippen LogP contribution is 2.36. The first kappa shape index (κ1) is 10.4. The van der Waals surface area contributed by atoms with Gasteiger partial charge in [-0.3, -0.25) is 0 Å². The summed E-state index contributed by atoms with van der Waals surface area (Å²) in [6.07, 6.45) is 3.50. The fraction of sp³-hybridized carbons (Fsp3) is 0.600. The maximum Gasteiger partial charge on any atom is 0.355 e. The van der Waals surface area contributed by atoms with E-state index in [2.05, 4.69) is 17.2 Å². The standard InChI is InChI=1S/C10H14N2O2S/c1-6-7(8(13)14)11-9(15-6)12-10(2)4-3-5-10/h3-5H2,1-2H3,(H,11,12)(H,13,14). The van der Waals surface area contributed by atoms with Gasteiger partial charge in [-0.25, -0.2) is 9.78 Å². The van der Waals surface area contributed by atoms with Gasteiger partial charge in [0.15, 0.2) is 10.8 Å². The van der Waals surface area contributed by atoms with Crippen LogP contribution in [0.5, 0.6) is 0 Å². The molecule has 0 bridgehead atoms. The molecule has 1 aliphatic rings. The van der Waals surface area contributed by atoms with Crippen LogP contribution in [0.15, 0.2) is 0 Å². The lowest BCUT2D eigenvalue weighted by molar-refractivity contribution is 0.0690. The highest BCUT2D eigenvalue weighted by molar-refractivity contribution is 7.15. The highest BCUT2D eigenvalue weighted by Gasteiger charge is 2.32. The quantitative estimate of drug-likeness (QED) is 0.831. The highest BCUT2D eigenvalue weighted by atomic mass is 32.1. The molecule has 1 heterocycles. The van der Waals surface area contributed by atoms with Crippen molar-refractivity contribution in [2.75, 3.05) is 5.32 Å². The van der Waals surface area contributed by atoms with Crippen LogP contribution in [0.25, 0.3) is 0 Å². The minimum atomic E-state index is -0.949. The molecule has 5 heteroatoms. The average Bonchev–Trinajstić information content (AvgIpc) is 2.44. The molecule has 2 N–H and O–H groups in total. The summed E-state index contributed by atoms with van der Waals surface area (Å²) >= 11 is 1.42. The largest absolute Gasteiger partial charge is 0.476 e. The summed E-state index contributed by atoms with van der Waals surface area (Å²) < 4.78 is 0. The number of thiazole rings is 1. The summed E-state index contributed by atoms with van der Waals surface area (Å²) in [5.74, 6) is -0.949. The number of hydrogen-bond donors (Lipinski definition) is 2. The Hall–Kier alpha value is -1.10. The van der Waals surface area contributed by atoms with Gasteiger partial charge in [0.1, 0.15) is 0 Å². The van der Waals surface area contributed by atoms with Crippen LogP contribution in [0.1, 0.15) is 41.6 Å². The molecule has 1 saturated carbocycles. The second kappa shape index (κ2) is 3.48. The smallest absolute Gasteiger partial charge is 0.355 e. The number of carboxylic acids is 1. The first-order valence-corrected chi connectivity index (χ1v) is 5.81. The second-order valence-corrected chi connectivity index (χ2v) is 5.47. The molecule has 0 spiro atoms. The van der Waals surface area contributed by atoms with Crippen LogP contribution in [0.4, 0.5) is 5.13 Å². The Morgan fingerprint density at radius 3 is 2.67 bits per heavy atom. The third-order valence-electron chi connectivity index (χ3n) is 2.86. The number of aromatic nitrogens is 1. The number of anilines is 1. The van der Waals surface area contributed by atoms with Gasteiger partial charge in [0.25, 0.3) is 0 Å². The molecule has 0 radical (unpaired) electrons. The summed E-state index contributed by atoms with van der Waals surface area (Å²) in [5, 5.41) is 12.9. The lowest BCUT2D eigenvalue weighted by Crippen LogP contribution is -2.41. The number of aromatic carboxylic acids is 1. The first-order chi connectivity index (χ1) is 7.00. The van der Waals surface area contributed by atoms with E-state index in [1.807, 2.05) is 0 Å². The van der Waals surface area contributed by atoms with E-state index in [4.69, 9.17) is 5.11 Å². The van der Waals surface area contributed by atoms with Gasteiger partial charge in [0.2, 0.25) is 0 Å². The lowest BCUT2D eigenvalue weighted by atomic mass is 9.79. The van der Waals surface area contributed by atoms with Gasteiger partial charge in [-0.1, -0.05) is 0 Å². The van der Waals surface area contributed by atoms with Gasteiger partial charge in [-0.15, -0.1) is 11.3 Å². The Bertz CT molecular complexity index is 396. The number of nitrogens with zero attached hydrogens (tertiary/aromatic N) is 1. The fourth-order valence-electron chi connectivity index (χ4n) is 1.74. The molecule has 2 rings (SSSR count). The molecule has 0 aromatic carbocycles. The zero-order chi connectivity index (χ0) is 11.1. The molecule has 0 unspecified atom stereocenters. The van der Waals surface area contributed by atoms with E-state index in [0.717, 1.165) is 22.9 Å². The van der Waals surface area contributed by atoms with Crippen molar-refractivity contribution >= 4 is 22.4 Å². The van der Waals surface area contributed by atoms with Gasteiger partial charge in [-0.2, -0.15) is 0 Å². The molecule has 4 nitrogen and oxygen atoms in total. The number of rotatable bonds is 3. The Labute approximate surface area is 92.3 Å². The van der Waals surface area contributed by atoms with Crippen LogP contribution < -0.4 is 5.32 Å². The monoisotopic (exact) mass is 226 g/mol. The fourth-order valence-corrected chi connectivity index (χ4v) is 2.69. The summed E-state index contributed by atoms with van der Waals surface area (Å²) in [6, 6.07) is 0. The van der Waals surface area contributed by atoms with Crippen LogP contribution >= 0.6 is 11.3 Å². The maximum absolute atomic E-state index is 10.8. The summed E-state index contributed by atoms with van der Waals surface area (Å²) in [5.41, 5.74) is 0.297. The number of aryl methyl sites for hydroxylation is 1. The second-order valence-electron chi connectivity index (χ2n) is 4.27. The molecule has 82 valence electrons. The van der Waals surface area contributed by atoms with Crippen molar-refractivity contribution in [2.45, 2.75) is 38.6 Å². The van der Waals surface area contributed by atoms with Crippen molar-refractivity contribution in [3.63, 3.8) is 0 Å². The molecule has 1 aromatic heterocycles. The van der Waals surface area contributed by atoms with Crippen LogP contribution in [0.3, 0.4) is 0 Å². The summed E-state index contributed by atoms with van der Waals surface area (Å²) in [7, 11) is 0. The summed E-state index contributed by atoms with van der Waals surface area (Å²) in [6.45, 7) is 3.93. The molecule has 1 aromatic rings. The minimum Gasteiger partial charge on any atom is -0.476 e. The van der Waals surface area contributed by atoms with Crippen molar-refractivity contribution in [3.8, 4) is 0 Å². The molecule has 0 atom stereocenters. The minimum absolute atomic E-state index is 0.125. The van der Waals surface area contributed by atoms with E-state index in [1.54, 1.807) is 6.92 Å². The Morgan fingerprint density at radius 2 is 2.27 bits per heavy atom. The van der Waals surface area contributed by atoms with E-state index in [0.29, 0.717) is 0 Å². The normalized spacial score (nSPS) is 18.3. The molecular weight excluding hydrogens is 212 g/mol. The molecule has 15 heavy (non-hydrogen) atoms. The van der Waals surface area contributed by atoms with E-state index in [-0.39, 0.29) is 11.2 Å². The van der Waals surface area contributed by atoms with Crippen molar-refractivity contribution in [3.05, 3.63) is 10.6 Å². The molecule has 0 saturated heterocycles. The van der Waals surface area contributed by atoms with Crippen LogP contribution in [-0.4, -0.2) is 21.6 Å². The van der Waals surface area contributed by atoms with Gasteiger partial charge in [0.05, 0.1) is 0 Å². The topological polar surface area (TPSA) is 62.2 Å². The zero-order valence-corrected chi connectivity index (χ0v) is 9.65. The average molecular weight is 226 g/mol. The Kier molecular flexibility index (Phi) is 2.42. The van der Waals surface area contributed by atoms with Gasteiger partial charge in [-0.05, 0) is 33.1 Å². The van der Waals surface area contributed by atoms with Gasteiger partial charge < -0.3 is 10.4 Å². The predicted molar refractivity (Wildman–Crippen MR) is 59.7 cm³/mol. The van der Waals surface area contributed by atoms with E-state index < -0.39 is 5.97 Å². The van der Waals surface area contributed by atoms with Crippen LogP contribution in [0, 0.1) is 6.92 Å². The molecule has 1 fully saturated rings. The predicted octanol–water partition coefficient (Wildman–Crippen LogP) is 2.50. The van der Waals surface area contributed by atoms with E-state index in [1.165, 1.54) is 17.8 Å². The molecule has 0 amide bonds. The molecule has 0 aliphatic heterocycles. The van der Waals surface area contributed by atoms with Gasteiger partial charge >= 0.3 is 5.97 Å². The third-order valence-corrected chi connectivity index (χ3v) is 3.75. The van der Waals surface area contributed by atoms with Crippen LogP contribution in [-0.2, 0) is 0 Å². The Balaban J connectivity index is 2.16. The van der Waals surface area contributed by atoms with E-state index in [9.17, 15) is 4.79 Å². The SMILES string of the molecule is Cc1sc(NC2(C)CCC2)nc1C(=O)O. The first-order valence-electron chi connectivity index (χ1n) is 4.99. The van der Waals surface area contributed by atoms with Crippen molar-refractivity contribution < 1.29 is 9.90 Å². The third kappa shape index (κ3) is 1.97. The number of carbonyl (C=O) groups is 1. The Morgan fingerprint density at radius 1 is 1.60 bits per heavy atom. The number of nitrogens with one attached hydrogen (secondary N) is 1. The van der Waals surface area contributed by atoms with Crippen molar-refractivity contribution in [1.82, 2.24) is 4.98 Å². The zero-order valence-electron chi connectivity index (χ0n) is 8.83. The lowest BCUT2D eigenvalue weighted by Gasteiger charge is -2.39. The molecule has 1 aliphatic carbocycles. The van der Waals surface area contributed by atoms with Crippen LogP contribution in [0.2, 0.25) is 0 Å². The summed E-state index contributed by atoms with van der Waals surface area (Å²) in [4.78, 5) is 15.6. The van der Waals surface area contributed by atoms with Crippen molar-refractivity contribution in [2.24, 2.45) is 0 Å². The molecular formula is C10H14N2O2S. The van der Waals surface area contributed by atoms with Gasteiger partial charge in [0, 0.05) is 10.4 Å². The maximum atomic E-state index is 10.8. The van der Waals surface area contributed by atoms with E-state index >= 15 is 0 Å². The van der Waals surface area contributed by atoms with Crippen molar-refractivity contribution in [1.29, 1.82) is 0 Å². The number of carboxylic acid groups (broad SMARTS) is 1.